The van der Waals surface area contributed by atoms with Crippen molar-refractivity contribution in [1.82, 2.24) is 26.6 Å². The van der Waals surface area contributed by atoms with Crippen molar-refractivity contribution in [1.29, 1.82) is 0 Å². The fraction of sp³-hybridized carbons (Fsp3) is 0.368. The molecule has 10 aliphatic rings. The molecule has 0 saturated carbocycles. The van der Waals surface area contributed by atoms with Gasteiger partial charge in [0.2, 0.25) is 33.7 Å². The smallest absolute Gasteiger partial charge is 0.231 e. The maximum Gasteiger partial charge on any atom is 0.231 e. The molecule has 10 atom stereocenters. The SMILES string of the molecule is [2H]c1c([2H])c(C2([2H])CC([2H])([2H])NC[C@H]2COc2ccc3c(c2)OC([2H])([2H])O3)c([2H])c([2H])c1F.[2H]c1c([2H])c(C2([2H])CC([2H])([2H])NC[C@]2([2H])COc2ccc3c(c2)OC([2H])([2H])O3)c([2H])c([2H])c1F.[2H]c1c([2H])c(C2CC([2H])([2H])NC[C@H]2C([2H])([2H])Oc2ccc3c(c2)OC([2H])([2H])O3)c([2H])c([2H])c1F.[2H]c1c([2H])c(C2CC([2H])([2H])NC[C@]2([2H])C([2H])([2H])Oc2ccc3c(c2)OC([2H])([2H])O3)c([2H])c([2H])c1F.[2H]c1c([2H])c(C2CC([2H])([2H])NC[C@]2([2H])COc2ccc3c(c2)OC([2H])([2H])O3)c([2H])c([2H])c1F. The fourth-order valence-corrected chi connectivity index (χ4v) is 12.5. The van der Waals surface area contributed by atoms with Gasteiger partial charge in [0.25, 0.3) is 0 Å². The van der Waals surface area contributed by atoms with Crippen LogP contribution in [-0.2, 0) is 0 Å². The van der Waals surface area contributed by atoms with Crippen molar-refractivity contribution in [3.63, 3.8) is 0 Å². The van der Waals surface area contributed by atoms with E-state index in [2.05, 4.69) is 26.6 Å². The summed E-state index contributed by atoms with van der Waals surface area (Å²) in [6.45, 7) is -30.4. The third kappa shape index (κ3) is 21.8. The van der Waals surface area contributed by atoms with E-state index in [0.717, 1.165) is 6.07 Å². The Morgan fingerprint density at radius 1 is 0.292 bits per heavy atom. The van der Waals surface area contributed by atoms with Crippen LogP contribution in [0.4, 0.5) is 22.0 Å². The van der Waals surface area contributed by atoms with E-state index >= 15 is 0 Å². The Morgan fingerprint density at radius 2 is 0.575 bits per heavy atom. The highest BCUT2D eigenvalue weighted by Gasteiger charge is 2.34. The zero-order valence-electron chi connectivity index (χ0n) is 111. The molecule has 5 unspecified atom stereocenters. The van der Waals surface area contributed by atoms with Crippen LogP contribution in [0, 0.1) is 58.6 Å². The van der Waals surface area contributed by atoms with Crippen LogP contribution < -0.4 is 97.6 Å². The first-order valence-electron chi connectivity index (χ1n) is 61.1. The predicted molar refractivity (Wildman–Crippen MR) is 441 cm³/mol. The lowest BCUT2D eigenvalue weighted by atomic mass is 9.81. The van der Waals surface area contributed by atoms with Gasteiger partial charge >= 0.3 is 0 Å². The minimum absolute atomic E-state index is 0.00827. The molecule has 5 N–H and O–H groups in total. The molecule has 0 amide bonds. The molecule has 10 heterocycles. The number of piperidine rings is 5. The van der Waals surface area contributed by atoms with E-state index in [1.165, 1.54) is 84.9 Å². The van der Waals surface area contributed by atoms with Gasteiger partial charge in [-0.15, -0.1) is 0 Å². The van der Waals surface area contributed by atoms with E-state index in [1.807, 2.05) is 0 Å². The van der Waals surface area contributed by atoms with Gasteiger partial charge in [0, 0.05) is 113 Å². The molecule has 0 bridgehead atoms. The molecule has 10 aromatic rings. The summed E-state index contributed by atoms with van der Waals surface area (Å²) in [7, 11) is 0. The molecule has 0 aliphatic carbocycles. The fourth-order valence-electron chi connectivity index (χ4n) is 12.5. The van der Waals surface area contributed by atoms with Crippen LogP contribution >= 0.6 is 0 Å². The van der Waals surface area contributed by atoms with Crippen LogP contribution in [0.5, 0.6) is 86.2 Å². The van der Waals surface area contributed by atoms with Crippen LogP contribution in [0.1, 0.15) is 157 Å². The van der Waals surface area contributed by atoms with Gasteiger partial charge in [-0.3, -0.25) is 0 Å². The molecule has 5 saturated heterocycles. The Hall–Kier alpha value is -11.4. The highest BCUT2D eigenvalue weighted by atomic mass is 19.1. The number of ether oxygens (including phenoxy) is 15. The molecule has 0 spiro atoms. The van der Waals surface area contributed by atoms with Crippen LogP contribution in [0.25, 0.3) is 0 Å². The second-order valence-electron chi connectivity index (χ2n) is 26.3. The maximum atomic E-state index is 14.1. The van der Waals surface area contributed by atoms with Crippen molar-refractivity contribution < 1.29 is 160 Å². The normalized spacial score (nSPS) is 35.8. The Kier molecular flexibility index (Phi) is 14.3. The summed E-state index contributed by atoms with van der Waals surface area (Å²) >= 11 is 0. The van der Waals surface area contributed by atoms with Crippen molar-refractivity contribution in [3.05, 3.63) is 269 Å². The van der Waals surface area contributed by atoms with E-state index in [1.54, 1.807) is 0 Å². The lowest BCUT2D eigenvalue weighted by Gasteiger charge is -2.32. The Morgan fingerprint density at radius 3 is 0.992 bits per heavy atom. The second-order valence-corrected chi connectivity index (χ2v) is 26.3. The van der Waals surface area contributed by atoms with Gasteiger partial charge in [0.05, 0.1) is 65.8 Å². The number of fused-ring (bicyclic) bond motifs is 5. The number of nitrogens with one attached hydrogen (secondary N) is 5. The van der Waals surface area contributed by atoms with Gasteiger partial charge in [-0.25, -0.2) is 22.0 Å². The first-order valence-corrected chi connectivity index (χ1v) is 36.6. The van der Waals surface area contributed by atoms with Gasteiger partial charge in [0.15, 0.2) is 57.5 Å². The minimum Gasteiger partial charge on any atom is -0.493 e. The number of hydrogen-bond acceptors (Lipinski definition) is 20. The molecule has 10 aliphatic heterocycles. The van der Waals surface area contributed by atoms with Crippen molar-refractivity contribution in [2.75, 3.05) is 132 Å². The molecular formula is C95H100F5N5O15. The molecule has 0 aromatic heterocycles. The van der Waals surface area contributed by atoms with Gasteiger partial charge < -0.3 is 97.6 Å². The van der Waals surface area contributed by atoms with Crippen LogP contribution in [0.3, 0.4) is 0 Å². The first-order chi connectivity index (χ1) is 77.7. The molecule has 20 nitrogen and oxygen atoms in total. The molecular weight excluding hydrogens is 1550 g/mol. The minimum atomic E-state index is -2.93. The quantitative estimate of drug-likeness (QED) is 0.0451. The highest BCUT2D eigenvalue weighted by molar-refractivity contribution is 5.51. The maximum absolute atomic E-state index is 14.1. The standard InChI is InChI=1S/5C19H20FNO3/c5*20-15-3-1-13(2-4-15)17-7-8-21-10-14(17)11-22-16-5-6-18-19(9-16)24-12-23-18/h5*1-6,9,14,17,21H,7-8,10-12H2/t5*14-,17?/m11100/s1/i1D,2D,3D,4D,8D2,12D2,14D,17D;1D,2D,3D,4D,8D2,11D2,12D2,14D;1D,2D,3D,4D,8D2,12D2,14D;1D,2D,3D,4D,8D2,12D2,17D;1D,2D,3D,4D,8D2,11D2,12D2. The lowest BCUT2D eigenvalue weighted by Crippen LogP contribution is -2.38. The molecule has 0 radical (unpaired) electrons. The lowest BCUT2D eigenvalue weighted by molar-refractivity contribution is 0.173. The van der Waals surface area contributed by atoms with Gasteiger partial charge in [-0.05, 0) is 243 Å². The largest absolute Gasteiger partial charge is 0.493 e. The van der Waals surface area contributed by atoms with E-state index < -0.39 is 350 Å². The molecule has 20 rings (SSSR count). The van der Waals surface area contributed by atoms with Gasteiger partial charge in [0.1, 0.15) is 71.5 Å². The van der Waals surface area contributed by atoms with E-state index in [0.29, 0.717) is 0 Å². The third-order valence-electron chi connectivity index (χ3n) is 18.7. The zero-order chi connectivity index (χ0) is 125. The Balaban J connectivity index is 0.000000147. The molecule has 120 heavy (non-hydrogen) atoms. The van der Waals surface area contributed by atoms with Crippen molar-refractivity contribution in [2.45, 2.75) is 61.6 Å². The predicted octanol–water partition coefficient (Wildman–Crippen LogP) is 16.6. The van der Waals surface area contributed by atoms with E-state index in [-0.39, 0.29) is 137 Å². The summed E-state index contributed by atoms with van der Waals surface area (Å²) in [6, 6.07) is 3.38. The van der Waals surface area contributed by atoms with Gasteiger partial charge in [-0.1, -0.05) is 60.4 Å². The second kappa shape index (κ2) is 40.6. The van der Waals surface area contributed by atoms with E-state index in [9.17, 15) is 22.0 Å². The van der Waals surface area contributed by atoms with Crippen molar-refractivity contribution in [3.8, 4) is 86.2 Å². The Labute approximate surface area is 764 Å². The summed E-state index contributed by atoms with van der Waals surface area (Å²) in [5.74, 6) is -21.9. The number of hydrogen-bond donors (Lipinski definition) is 5. The van der Waals surface area contributed by atoms with Crippen molar-refractivity contribution in [2.24, 2.45) is 29.5 Å². The summed E-state index contributed by atoms with van der Waals surface area (Å²) in [5.41, 5.74) is -2.01. The summed E-state index contributed by atoms with van der Waals surface area (Å²) < 4.78 is 543. The summed E-state index contributed by atoms with van der Waals surface area (Å²) in [6.07, 6.45) is -2.63. The summed E-state index contributed by atoms with van der Waals surface area (Å²) in [5, 5.41) is 12.7. The number of halogens is 5. The van der Waals surface area contributed by atoms with Crippen LogP contribution in [0.15, 0.2) is 212 Å². The van der Waals surface area contributed by atoms with Gasteiger partial charge in [-0.2, -0.15) is 0 Å². The summed E-state index contributed by atoms with van der Waals surface area (Å²) in [4.78, 5) is 0. The number of benzene rings is 10. The average Bonchev–Trinajstić information content (AvgIpc) is 1.51. The van der Waals surface area contributed by atoms with Crippen LogP contribution in [0.2, 0.25) is 0 Å². The third-order valence-corrected chi connectivity index (χ3v) is 18.7. The topological polar surface area (TPSA) is 199 Å². The van der Waals surface area contributed by atoms with Crippen LogP contribution in [-0.4, -0.2) is 132 Å². The average molecular weight is 1700 g/mol. The molecule has 5 fully saturated rings. The molecule has 25 heteroatoms. The highest BCUT2D eigenvalue weighted by Crippen LogP contribution is 2.43. The first kappa shape index (κ1) is 42.2. The molecule has 630 valence electrons. The monoisotopic (exact) mass is 1700 g/mol. The van der Waals surface area contributed by atoms with E-state index in [4.69, 9.17) is 138 Å². The Bertz CT molecular complexity index is 7650. The number of rotatable bonds is 20. The van der Waals surface area contributed by atoms with Crippen molar-refractivity contribution >= 4 is 0 Å². The molecule has 10 aromatic carbocycles. The zero-order valence-corrected chi connectivity index (χ0v) is 62.3.